The van der Waals surface area contributed by atoms with Gasteiger partial charge < -0.3 is 40.7 Å². The number of H-pyrrole nitrogens is 4. The van der Waals surface area contributed by atoms with E-state index in [4.69, 9.17) is 0 Å². The second-order valence-electron chi connectivity index (χ2n) is 8.31. The third-order valence-corrected chi connectivity index (χ3v) is 5.19. The summed E-state index contributed by atoms with van der Waals surface area (Å²) in [7, 11) is 0. The smallest absolute Gasteiger partial charge is 0.548 e. The van der Waals surface area contributed by atoms with Gasteiger partial charge >= 0.3 is 28.2 Å². The van der Waals surface area contributed by atoms with Crippen molar-refractivity contribution < 1.29 is 56.3 Å². The summed E-state index contributed by atoms with van der Waals surface area (Å²) in [6.07, 6.45) is 4.42. The number of carboxylic acid groups (broad SMARTS) is 2. The number of fused-ring (bicyclic) bond motifs is 2. The first kappa shape index (κ1) is 41.0. The second kappa shape index (κ2) is 19.4. The molecule has 18 nitrogen and oxygen atoms in total. The molecule has 10 N–H and O–H groups in total. The Bertz CT molecular complexity index is 1930. The summed E-state index contributed by atoms with van der Waals surface area (Å²) in [4.78, 5) is 79.9. The SMILES string of the molecule is O=C([O-])Cn1cc(F)c(=O)[nH]c1=O.O=C([O-])Cn1cc(F)c(=O)[nH]c1=O.[Co+2].[OH3+].[OH3+].c1ccc2[nH]cnc2c1.c1ccc2[nH]cnc2c1. The molecule has 0 saturated heterocycles. The van der Waals surface area contributed by atoms with Crippen molar-refractivity contribution in [2.24, 2.45) is 0 Å². The van der Waals surface area contributed by atoms with Crippen LogP contribution < -0.4 is 32.7 Å². The van der Waals surface area contributed by atoms with Gasteiger partial charge in [0.2, 0.25) is 11.6 Å². The zero-order valence-corrected chi connectivity index (χ0v) is 24.7. The molecule has 6 rings (SSSR count). The normalized spacial score (nSPS) is 9.40. The van der Waals surface area contributed by atoms with E-state index in [1.54, 1.807) is 22.6 Å². The average molecular weight is 707 g/mol. The third-order valence-electron chi connectivity index (χ3n) is 5.19. The molecule has 0 spiro atoms. The zero-order valence-electron chi connectivity index (χ0n) is 23.6. The molecule has 0 fully saturated rings. The van der Waals surface area contributed by atoms with Crippen LogP contribution in [0.1, 0.15) is 0 Å². The Morgan fingerprint density at radius 2 is 1.00 bits per heavy atom. The summed E-state index contributed by atoms with van der Waals surface area (Å²) in [6.45, 7) is -1.60. The molecule has 2 aromatic carbocycles. The van der Waals surface area contributed by atoms with Crippen LogP contribution in [0.5, 0.6) is 0 Å². The first-order chi connectivity index (χ1) is 20.9. The number of halogens is 2. The number of imidazole rings is 2. The van der Waals surface area contributed by atoms with Gasteiger partial charge in [-0.25, -0.2) is 19.6 Å². The van der Waals surface area contributed by atoms with Crippen LogP contribution in [0.2, 0.25) is 0 Å². The van der Waals surface area contributed by atoms with Crippen LogP contribution in [-0.4, -0.2) is 51.0 Å². The topological polar surface area (TPSA) is 313 Å². The molecule has 0 aliphatic carbocycles. The molecule has 251 valence electrons. The number of carbonyl (C=O) groups excluding carboxylic acids is 2. The van der Waals surface area contributed by atoms with Crippen LogP contribution in [0, 0.1) is 11.6 Å². The third kappa shape index (κ3) is 12.5. The number of aliphatic carboxylic acids is 2. The number of aromatic amines is 4. The molecular weight excluding hydrogens is 681 g/mol. The van der Waals surface area contributed by atoms with Crippen LogP contribution in [-0.2, 0) is 50.4 Å². The summed E-state index contributed by atoms with van der Waals surface area (Å²) in [5.74, 6) is -5.54. The molecule has 0 amide bonds. The van der Waals surface area contributed by atoms with Gasteiger partial charge in [0.15, 0.2) is 0 Å². The summed E-state index contributed by atoms with van der Waals surface area (Å²) >= 11 is 0. The molecule has 1 radical (unpaired) electrons. The minimum absolute atomic E-state index is 0. The number of carboxylic acids is 2. The van der Waals surface area contributed by atoms with E-state index in [0.717, 1.165) is 22.1 Å². The van der Waals surface area contributed by atoms with Gasteiger partial charge in [0.25, 0.3) is 11.1 Å². The fraction of sp³-hybridized carbons (Fsp3) is 0.0769. The number of para-hydroxylation sites is 4. The van der Waals surface area contributed by atoms with Gasteiger partial charge in [-0.15, -0.1) is 0 Å². The van der Waals surface area contributed by atoms with Crippen molar-refractivity contribution >= 4 is 34.0 Å². The number of carbonyl (C=O) groups is 2. The molecular formula is C26H26CoF2N8O10+2. The number of benzene rings is 2. The van der Waals surface area contributed by atoms with Crippen molar-refractivity contribution in [1.82, 2.24) is 39.0 Å². The Morgan fingerprint density at radius 3 is 1.32 bits per heavy atom. The zero-order chi connectivity index (χ0) is 32.2. The first-order valence-electron chi connectivity index (χ1n) is 12.1. The van der Waals surface area contributed by atoms with E-state index in [-0.39, 0.29) is 27.7 Å². The van der Waals surface area contributed by atoms with Gasteiger partial charge in [-0.05, 0) is 24.3 Å². The van der Waals surface area contributed by atoms with Crippen molar-refractivity contribution in [2.45, 2.75) is 13.1 Å². The molecule has 21 heteroatoms. The van der Waals surface area contributed by atoms with Crippen molar-refractivity contribution in [2.75, 3.05) is 0 Å². The molecule has 0 saturated carbocycles. The van der Waals surface area contributed by atoms with Crippen LogP contribution >= 0.6 is 0 Å². The summed E-state index contributed by atoms with van der Waals surface area (Å²) in [5, 5.41) is 20.1. The molecule has 0 aliphatic heterocycles. The maximum Gasteiger partial charge on any atom is 2.00 e. The minimum atomic E-state index is -1.55. The molecule has 4 heterocycles. The molecule has 0 bridgehead atoms. The predicted molar refractivity (Wildman–Crippen MR) is 155 cm³/mol. The van der Waals surface area contributed by atoms with Gasteiger partial charge in [0.05, 0.1) is 72.1 Å². The van der Waals surface area contributed by atoms with Crippen molar-refractivity contribution in [1.29, 1.82) is 0 Å². The first-order valence-corrected chi connectivity index (χ1v) is 12.1. The van der Waals surface area contributed by atoms with E-state index >= 15 is 0 Å². The summed E-state index contributed by atoms with van der Waals surface area (Å²) < 4.78 is 26.0. The number of nitrogens with zero attached hydrogens (tertiary/aromatic N) is 4. The number of hydrogen-bond donors (Lipinski definition) is 4. The van der Waals surface area contributed by atoms with E-state index in [9.17, 15) is 47.8 Å². The Labute approximate surface area is 269 Å². The van der Waals surface area contributed by atoms with Gasteiger partial charge in [-0.2, -0.15) is 8.78 Å². The van der Waals surface area contributed by atoms with Gasteiger partial charge in [0, 0.05) is 0 Å². The Kier molecular flexibility index (Phi) is 16.9. The molecule has 0 unspecified atom stereocenters. The summed E-state index contributed by atoms with van der Waals surface area (Å²) in [6, 6.07) is 15.9. The van der Waals surface area contributed by atoms with Gasteiger partial charge in [-0.3, -0.25) is 28.7 Å². The average Bonchev–Trinajstić information content (AvgIpc) is 3.65. The molecule has 6 aromatic rings. The van der Waals surface area contributed by atoms with Crippen LogP contribution in [0.25, 0.3) is 22.1 Å². The predicted octanol–water partition coefficient (Wildman–Crippen LogP) is -3.87. The number of hydrogen-bond acceptors (Lipinski definition) is 10. The Morgan fingerprint density at radius 1 is 0.660 bits per heavy atom. The Balaban J connectivity index is 0.000000594. The van der Waals surface area contributed by atoms with Crippen LogP contribution in [0.15, 0.2) is 92.8 Å². The monoisotopic (exact) mass is 707 g/mol. The van der Waals surface area contributed by atoms with Gasteiger partial charge in [-0.1, -0.05) is 24.3 Å². The van der Waals surface area contributed by atoms with E-state index in [1.807, 2.05) is 48.5 Å². The van der Waals surface area contributed by atoms with E-state index < -0.39 is 59.2 Å². The minimum Gasteiger partial charge on any atom is -0.548 e. The van der Waals surface area contributed by atoms with E-state index in [2.05, 4.69) is 19.9 Å². The molecule has 47 heavy (non-hydrogen) atoms. The fourth-order valence-corrected chi connectivity index (χ4v) is 3.24. The van der Waals surface area contributed by atoms with Crippen molar-refractivity contribution in [3.8, 4) is 0 Å². The molecule has 4 aromatic heterocycles. The summed E-state index contributed by atoms with van der Waals surface area (Å²) in [5.41, 5.74) is -0.101. The maximum absolute atomic E-state index is 12.5. The van der Waals surface area contributed by atoms with Crippen molar-refractivity contribution in [3.63, 3.8) is 0 Å². The maximum atomic E-state index is 12.5. The van der Waals surface area contributed by atoms with Crippen molar-refractivity contribution in [3.05, 3.63) is 127 Å². The largest absolute Gasteiger partial charge is 2.00 e. The number of nitrogens with one attached hydrogen (secondary N) is 4. The standard InChI is InChI=1S/2C7H6N2.2C6H5FN2O4.Co.2H2O/c2*1-2-4-7-6(3-1)8-5-9-7;2*7-3-1-9(2-4(10)11)6(13)8-5(3)12;;;/h2*1-5H,(H,8,9);2*1H,2H2,(H,10,11)(H,8,12,13);;2*1H2/q;;;;+2;;. The van der Waals surface area contributed by atoms with Crippen LogP contribution in [0.4, 0.5) is 8.78 Å². The van der Waals surface area contributed by atoms with E-state index in [0.29, 0.717) is 21.5 Å². The van der Waals surface area contributed by atoms with E-state index in [1.165, 1.54) is 0 Å². The number of rotatable bonds is 4. The fourth-order valence-electron chi connectivity index (χ4n) is 3.24. The van der Waals surface area contributed by atoms with Gasteiger partial charge in [0.1, 0.15) is 0 Å². The molecule has 0 atom stereocenters. The second-order valence-corrected chi connectivity index (χ2v) is 8.31. The van der Waals surface area contributed by atoms with Crippen LogP contribution in [0.3, 0.4) is 0 Å². The Hall–Kier alpha value is -6.03. The quantitative estimate of drug-likeness (QED) is 0.129. The molecule has 0 aliphatic rings. The number of aromatic nitrogens is 8.